The van der Waals surface area contributed by atoms with Crippen molar-refractivity contribution in [3.8, 4) is 16.3 Å². The monoisotopic (exact) mass is 428 g/mol. The van der Waals surface area contributed by atoms with Crippen LogP contribution in [0.4, 0.5) is 5.69 Å². The Kier molecular flexibility index (Phi) is 6.14. The largest absolute Gasteiger partial charge is 0.491 e. The summed E-state index contributed by atoms with van der Waals surface area (Å²) >= 11 is 1.67. The maximum absolute atomic E-state index is 12.3. The summed E-state index contributed by atoms with van der Waals surface area (Å²) in [4.78, 5) is 17.0. The van der Waals surface area contributed by atoms with E-state index in [1.54, 1.807) is 17.4 Å². The number of nitrogens with zero attached hydrogens (tertiary/aromatic N) is 1. The molecule has 0 fully saturated rings. The second-order valence-electron chi connectivity index (χ2n) is 7.63. The molecule has 5 heteroatoms. The number of benzene rings is 3. The molecule has 4 rings (SSSR count). The maximum Gasteiger partial charge on any atom is 0.248 e. The number of rotatable bonds is 6. The molecule has 31 heavy (non-hydrogen) atoms. The van der Waals surface area contributed by atoms with Crippen LogP contribution in [0.3, 0.4) is 0 Å². The van der Waals surface area contributed by atoms with Crippen molar-refractivity contribution < 1.29 is 9.53 Å². The topological polar surface area (TPSA) is 51.2 Å². The number of nitrogens with one attached hydrogen (secondary N) is 1. The standard InChI is InChI=1S/C26H24N2O2S/c1-17(2)30-22-6-4-5-19(16-22)8-14-25(29)27-21-11-9-20(10-12-21)26-28-23-13-7-18(3)15-24(23)31-26/h4-17H,1-3H3,(H,27,29)/b14-8+. The highest BCUT2D eigenvalue weighted by molar-refractivity contribution is 7.21. The summed E-state index contributed by atoms with van der Waals surface area (Å²) < 4.78 is 6.87. The van der Waals surface area contributed by atoms with Gasteiger partial charge in [-0.05, 0) is 86.5 Å². The second kappa shape index (κ2) is 9.14. The minimum atomic E-state index is -0.182. The zero-order valence-electron chi connectivity index (χ0n) is 17.8. The highest BCUT2D eigenvalue weighted by atomic mass is 32.1. The molecule has 0 aliphatic carbocycles. The first-order valence-corrected chi connectivity index (χ1v) is 11.0. The molecule has 3 aromatic carbocycles. The van der Waals surface area contributed by atoms with Crippen molar-refractivity contribution in [2.24, 2.45) is 0 Å². The van der Waals surface area contributed by atoms with Gasteiger partial charge >= 0.3 is 0 Å². The van der Waals surface area contributed by atoms with Gasteiger partial charge in [0, 0.05) is 17.3 Å². The SMILES string of the molecule is Cc1ccc2nc(-c3ccc(NC(=O)/C=C/c4cccc(OC(C)C)c4)cc3)sc2c1. The number of anilines is 1. The van der Waals surface area contributed by atoms with Gasteiger partial charge in [0.2, 0.25) is 5.91 Å². The van der Waals surface area contributed by atoms with Crippen LogP contribution in [-0.4, -0.2) is 17.0 Å². The van der Waals surface area contributed by atoms with Crippen LogP contribution in [0.2, 0.25) is 0 Å². The van der Waals surface area contributed by atoms with Crippen LogP contribution in [0.15, 0.2) is 72.8 Å². The molecule has 0 aliphatic rings. The molecular weight excluding hydrogens is 404 g/mol. The first-order chi connectivity index (χ1) is 15.0. The van der Waals surface area contributed by atoms with Crippen LogP contribution in [0.5, 0.6) is 5.75 Å². The van der Waals surface area contributed by atoms with Gasteiger partial charge in [-0.3, -0.25) is 4.79 Å². The summed E-state index contributed by atoms with van der Waals surface area (Å²) in [5.41, 5.74) is 4.93. The molecule has 0 spiro atoms. The number of hydrogen-bond acceptors (Lipinski definition) is 4. The van der Waals surface area contributed by atoms with E-state index in [0.29, 0.717) is 0 Å². The molecule has 0 saturated heterocycles. The number of aromatic nitrogens is 1. The average molecular weight is 429 g/mol. The second-order valence-corrected chi connectivity index (χ2v) is 8.66. The van der Waals surface area contributed by atoms with Crippen molar-refractivity contribution in [1.29, 1.82) is 0 Å². The Balaban J connectivity index is 1.41. The van der Waals surface area contributed by atoms with Gasteiger partial charge in [0.1, 0.15) is 10.8 Å². The van der Waals surface area contributed by atoms with Gasteiger partial charge in [-0.25, -0.2) is 4.98 Å². The molecule has 0 radical (unpaired) electrons. The smallest absolute Gasteiger partial charge is 0.248 e. The Morgan fingerprint density at radius 2 is 1.87 bits per heavy atom. The Hall–Kier alpha value is -3.44. The predicted octanol–water partition coefficient (Wildman–Crippen LogP) is 6.71. The Bertz CT molecular complexity index is 1240. The summed E-state index contributed by atoms with van der Waals surface area (Å²) in [5, 5.41) is 3.87. The highest BCUT2D eigenvalue weighted by Gasteiger charge is 2.07. The van der Waals surface area contributed by atoms with Crippen LogP contribution in [0, 0.1) is 6.92 Å². The van der Waals surface area contributed by atoms with E-state index in [1.165, 1.54) is 16.3 Å². The third-order valence-corrected chi connectivity index (χ3v) is 5.67. The Labute approximate surface area is 186 Å². The summed E-state index contributed by atoms with van der Waals surface area (Å²) in [6.07, 6.45) is 3.41. The van der Waals surface area contributed by atoms with Gasteiger partial charge in [-0.1, -0.05) is 18.2 Å². The molecule has 1 aromatic heterocycles. The number of ether oxygens (including phenoxy) is 1. The molecule has 4 nitrogen and oxygen atoms in total. The Morgan fingerprint density at radius 1 is 1.06 bits per heavy atom. The lowest BCUT2D eigenvalue weighted by Gasteiger charge is -2.09. The van der Waals surface area contributed by atoms with Gasteiger partial charge in [-0.15, -0.1) is 11.3 Å². The highest BCUT2D eigenvalue weighted by Crippen LogP contribution is 2.31. The van der Waals surface area contributed by atoms with Gasteiger partial charge in [0.25, 0.3) is 0 Å². The zero-order valence-corrected chi connectivity index (χ0v) is 18.6. The van der Waals surface area contributed by atoms with Crippen LogP contribution < -0.4 is 10.1 Å². The summed E-state index contributed by atoms with van der Waals surface area (Å²) in [6, 6.07) is 21.7. The molecule has 4 aromatic rings. The number of thiazole rings is 1. The van der Waals surface area contributed by atoms with Crippen molar-refractivity contribution in [2.45, 2.75) is 26.9 Å². The fourth-order valence-corrected chi connectivity index (χ4v) is 4.24. The van der Waals surface area contributed by atoms with E-state index < -0.39 is 0 Å². The van der Waals surface area contributed by atoms with E-state index in [-0.39, 0.29) is 12.0 Å². The van der Waals surface area contributed by atoms with E-state index in [0.717, 1.165) is 33.1 Å². The van der Waals surface area contributed by atoms with E-state index in [9.17, 15) is 4.79 Å². The molecule has 0 bridgehead atoms. The van der Waals surface area contributed by atoms with E-state index in [1.807, 2.05) is 62.4 Å². The summed E-state index contributed by atoms with van der Waals surface area (Å²) in [5.74, 6) is 0.608. The van der Waals surface area contributed by atoms with Gasteiger partial charge < -0.3 is 10.1 Å². The lowest BCUT2D eigenvalue weighted by Crippen LogP contribution is -2.07. The number of carbonyl (C=O) groups is 1. The normalized spacial score (nSPS) is 11.4. The fraction of sp³-hybridized carbons (Fsp3) is 0.154. The molecular formula is C26H24N2O2S. The fourth-order valence-electron chi connectivity index (χ4n) is 3.17. The summed E-state index contributed by atoms with van der Waals surface area (Å²) in [7, 11) is 0. The minimum Gasteiger partial charge on any atom is -0.491 e. The molecule has 0 atom stereocenters. The van der Waals surface area contributed by atoms with Crippen LogP contribution in [0.1, 0.15) is 25.0 Å². The predicted molar refractivity (Wildman–Crippen MR) is 130 cm³/mol. The van der Waals surface area contributed by atoms with Crippen LogP contribution >= 0.6 is 11.3 Å². The molecule has 0 saturated carbocycles. The number of aryl methyl sites for hydroxylation is 1. The number of fused-ring (bicyclic) bond motifs is 1. The molecule has 0 unspecified atom stereocenters. The zero-order chi connectivity index (χ0) is 21.8. The van der Waals surface area contributed by atoms with E-state index in [2.05, 4.69) is 30.4 Å². The van der Waals surface area contributed by atoms with Gasteiger partial charge in [-0.2, -0.15) is 0 Å². The van der Waals surface area contributed by atoms with Crippen molar-refractivity contribution in [3.63, 3.8) is 0 Å². The lowest BCUT2D eigenvalue weighted by atomic mass is 10.2. The van der Waals surface area contributed by atoms with Crippen LogP contribution in [-0.2, 0) is 4.79 Å². The molecule has 1 heterocycles. The number of amides is 1. The molecule has 0 aliphatic heterocycles. The molecule has 156 valence electrons. The molecule has 1 amide bonds. The number of carbonyl (C=O) groups excluding carboxylic acids is 1. The first kappa shape index (κ1) is 20.8. The average Bonchev–Trinajstić information content (AvgIpc) is 3.16. The summed E-state index contributed by atoms with van der Waals surface area (Å²) in [6.45, 7) is 6.05. The van der Waals surface area contributed by atoms with E-state index >= 15 is 0 Å². The van der Waals surface area contributed by atoms with Crippen molar-refractivity contribution >= 4 is 39.2 Å². The Morgan fingerprint density at radius 3 is 2.65 bits per heavy atom. The van der Waals surface area contributed by atoms with Gasteiger partial charge in [0.05, 0.1) is 16.3 Å². The number of hydrogen-bond donors (Lipinski definition) is 1. The van der Waals surface area contributed by atoms with Gasteiger partial charge in [0.15, 0.2) is 0 Å². The minimum absolute atomic E-state index is 0.109. The van der Waals surface area contributed by atoms with Crippen LogP contribution in [0.25, 0.3) is 26.9 Å². The van der Waals surface area contributed by atoms with Crippen molar-refractivity contribution in [2.75, 3.05) is 5.32 Å². The third-order valence-electron chi connectivity index (χ3n) is 4.60. The maximum atomic E-state index is 12.3. The molecule has 1 N–H and O–H groups in total. The van der Waals surface area contributed by atoms with E-state index in [4.69, 9.17) is 9.72 Å². The quantitative estimate of drug-likeness (QED) is 0.347. The van der Waals surface area contributed by atoms with Crippen molar-refractivity contribution in [3.05, 3.63) is 83.9 Å². The lowest BCUT2D eigenvalue weighted by molar-refractivity contribution is -0.111. The van der Waals surface area contributed by atoms with Crippen molar-refractivity contribution in [1.82, 2.24) is 4.98 Å². The third kappa shape index (κ3) is 5.38. The first-order valence-electron chi connectivity index (χ1n) is 10.2.